The minimum Gasteiger partial charge on any atom is -0.378 e. The summed E-state index contributed by atoms with van der Waals surface area (Å²) in [6.07, 6.45) is 3.23. The molecular formula is C22H30N6O4. The van der Waals surface area contributed by atoms with Crippen molar-refractivity contribution in [2.75, 3.05) is 26.3 Å². The normalized spacial score (nSPS) is 15.1. The van der Waals surface area contributed by atoms with E-state index < -0.39 is 29.3 Å². The molecule has 1 aliphatic rings. The molecule has 0 bridgehead atoms. The Kier molecular flexibility index (Phi) is 7.47. The van der Waals surface area contributed by atoms with E-state index in [0.717, 1.165) is 10.6 Å². The van der Waals surface area contributed by atoms with Crippen molar-refractivity contribution in [3.05, 3.63) is 54.1 Å². The second kappa shape index (κ2) is 10.3. The molecule has 32 heavy (non-hydrogen) atoms. The van der Waals surface area contributed by atoms with E-state index in [0.29, 0.717) is 32.0 Å². The Labute approximate surface area is 187 Å². The van der Waals surface area contributed by atoms with Gasteiger partial charge < -0.3 is 20.4 Å². The van der Waals surface area contributed by atoms with Crippen molar-refractivity contribution >= 4 is 17.8 Å². The molecule has 0 radical (unpaired) electrons. The predicted octanol–water partition coefficient (Wildman–Crippen LogP) is 0.959. The number of rotatable bonds is 7. The van der Waals surface area contributed by atoms with Crippen LogP contribution < -0.4 is 11.2 Å². The first-order chi connectivity index (χ1) is 15.3. The number of carbonyl (C=O) groups excluding carboxylic acids is 3. The summed E-state index contributed by atoms with van der Waals surface area (Å²) in [5.41, 5.74) is 9.28. The van der Waals surface area contributed by atoms with Gasteiger partial charge in [-0.25, -0.2) is 20.2 Å². The highest BCUT2D eigenvalue weighted by molar-refractivity contribution is 5.89. The zero-order valence-electron chi connectivity index (χ0n) is 18.4. The van der Waals surface area contributed by atoms with Gasteiger partial charge in [0.1, 0.15) is 6.04 Å². The number of hydrogen-bond acceptors (Lipinski definition) is 5. The largest absolute Gasteiger partial charge is 0.378 e. The molecule has 3 rings (SSSR count). The molecule has 1 aromatic heterocycles. The zero-order valence-corrected chi connectivity index (χ0v) is 18.4. The number of urea groups is 1. The highest BCUT2D eigenvalue weighted by Gasteiger charge is 2.35. The molecule has 1 aliphatic heterocycles. The summed E-state index contributed by atoms with van der Waals surface area (Å²) >= 11 is 0. The van der Waals surface area contributed by atoms with Gasteiger partial charge in [-0.15, -0.1) is 0 Å². The molecule has 0 saturated carbocycles. The maximum absolute atomic E-state index is 13.5. The van der Waals surface area contributed by atoms with Crippen molar-refractivity contribution in [3.8, 4) is 0 Å². The molecule has 2 heterocycles. The number of nitrogens with two attached hydrogens (primary N) is 1. The lowest BCUT2D eigenvalue weighted by molar-refractivity contribution is -0.143. The summed E-state index contributed by atoms with van der Waals surface area (Å²) in [6, 6.07) is 8.03. The molecule has 1 atom stereocenters. The van der Waals surface area contributed by atoms with Crippen molar-refractivity contribution in [1.29, 1.82) is 0 Å². The molecule has 1 fully saturated rings. The van der Waals surface area contributed by atoms with Crippen molar-refractivity contribution in [3.63, 3.8) is 0 Å². The first kappa shape index (κ1) is 23.3. The molecule has 0 spiro atoms. The predicted molar refractivity (Wildman–Crippen MR) is 117 cm³/mol. The summed E-state index contributed by atoms with van der Waals surface area (Å²) in [5, 5.41) is 1.07. The van der Waals surface area contributed by atoms with Crippen LogP contribution in [0.4, 0.5) is 4.79 Å². The number of nitrogens with zero attached hydrogens (tertiary/aromatic N) is 3. The Balaban J connectivity index is 1.84. The summed E-state index contributed by atoms with van der Waals surface area (Å²) in [5.74, 6) is -1.15. The number of aromatic amines is 1. The lowest BCUT2D eigenvalue weighted by Crippen LogP contribution is -2.61. The molecule has 0 unspecified atom stereocenters. The van der Waals surface area contributed by atoms with E-state index in [1.807, 2.05) is 44.2 Å². The van der Waals surface area contributed by atoms with Crippen LogP contribution in [0.2, 0.25) is 0 Å². The van der Waals surface area contributed by atoms with E-state index in [9.17, 15) is 14.4 Å². The van der Waals surface area contributed by atoms with Gasteiger partial charge in [-0.3, -0.25) is 9.59 Å². The van der Waals surface area contributed by atoms with Crippen molar-refractivity contribution in [2.45, 2.75) is 38.1 Å². The van der Waals surface area contributed by atoms with Crippen LogP contribution in [0.3, 0.4) is 0 Å². The lowest BCUT2D eigenvalue weighted by atomic mass is 9.81. The second-order valence-corrected chi connectivity index (χ2v) is 8.39. The molecule has 10 nitrogen and oxygen atoms in total. The van der Waals surface area contributed by atoms with Gasteiger partial charge in [0.2, 0.25) is 11.8 Å². The minimum atomic E-state index is -1.10. The molecule has 10 heteroatoms. The van der Waals surface area contributed by atoms with Gasteiger partial charge in [0, 0.05) is 32.1 Å². The summed E-state index contributed by atoms with van der Waals surface area (Å²) in [6.45, 7) is 5.49. The Morgan fingerprint density at radius 2 is 1.94 bits per heavy atom. The molecule has 4 N–H and O–H groups in total. The lowest BCUT2D eigenvalue weighted by Gasteiger charge is -2.35. The Morgan fingerprint density at radius 1 is 1.25 bits per heavy atom. The highest BCUT2D eigenvalue weighted by atomic mass is 16.5. The number of amides is 4. The van der Waals surface area contributed by atoms with E-state index >= 15 is 0 Å². The number of carbonyl (C=O) groups is 3. The third-order valence-electron chi connectivity index (χ3n) is 5.53. The van der Waals surface area contributed by atoms with Crippen molar-refractivity contribution < 1.29 is 19.1 Å². The molecule has 172 valence electrons. The molecule has 4 amide bonds. The maximum atomic E-state index is 13.5. The smallest absolute Gasteiger partial charge is 0.336 e. The SMILES string of the molecule is CC(C)(CC(=O)N(NC(=O)N1CCOCC1)[C@@H](Cc1c[nH]cn1)C(N)=O)c1ccccc1. The number of H-pyrrole nitrogens is 1. The molecule has 1 aromatic carbocycles. The first-order valence-electron chi connectivity index (χ1n) is 10.6. The van der Waals surface area contributed by atoms with Gasteiger partial charge in [-0.2, -0.15) is 0 Å². The fraction of sp³-hybridized carbons (Fsp3) is 0.455. The number of aromatic nitrogens is 2. The number of morpholine rings is 1. The monoisotopic (exact) mass is 442 g/mol. The highest BCUT2D eigenvalue weighted by Crippen LogP contribution is 2.28. The summed E-state index contributed by atoms with van der Waals surface area (Å²) < 4.78 is 5.28. The standard InChI is InChI=1S/C22H30N6O4/c1-22(2,16-6-4-3-5-7-16)13-19(29)28(26-21(31)27-8-10-32-11-9-27)18(20(23)30)12-17-14-24-15-25-17/h3-7,14-15,18H,8-13H2,1-2H3,(H2,23,30)(H,24,25)(H,26,31)/t18-/m0/s1. The maximum Gasteiger partial charge on any atom is 0.336 e. The third kappa shape index (κ3) is 5.85. The van der Waals surface area contributed by atoms with Crippen LogP contribution in [-0.4, -0.2) is 70.1 Å². The number of imidazole rings is 1. The average molecular weight is 443 g/mol. The van der Waals surface area contributed by atoms with Gasteiger partial charge in [0.05, 0.1) is 25.2 Å². The molecule has 2 aromatic rings. The van der Waals surface area contributed by atoms with Crippen LogP contribution in [0.1, 0.15) is 31.5 Å². The Morgan fingerprint density at radius 3 is 2.53 bits per heavy atom. The van der Waals surface area contributed by atoms with E-state index in [2.05, 4.69) is 15.4 Å². The van der Waals surface area contributed by atoms with Gasteiger partial charge in [0.25, 0.3) is 0 Å². The average Bonchev–Trinajstić information content (AvgIpc) is 3.30. The van der Waals surface area contributed by atoms with E-state index in [1.165, 1.54) is 6.33 Å². The number of hydrogen-bond donors (Lipinski definition) is 3. The van der Waals surface area contributed by atoms with Gasteiger partial charge >= 0.3 is 6.03 Å². The topological polar surface area (TPSA) is 134 Å². The summed E-state index contributed by atoms with van der Waals surface area (Å²) in [7, 11) is 0. The molecule has 0 aliphatic carbocycles. The second-order valence-electron chi connectivity index (χ2n) is 8.39. The van der Waals surface area contributed by atoms with E-state index in [-0.39, 0.29) is 12.8 Å². The quantitative estimate of drug-likeness (QED) is 0.549. The van der Waals surface area contributed by atoms with Crippen molar-refractivity contribution in [2.24, 2.45) is 5.73 Å². The first-order valence-corrected chi connectivity index (χ1v) is 10.6. The molecule has 1 saturated heterocycles. The minimum absolute atomic E-state index is 0.0603. The van der Waals surface area contributed by atoms with Gasteiger partial charge in [-0.1, -0.05) is 44.2 Å². The third-order valence-corrected chi connectivity index (χ3v) is 5.53. The number of ether oxygens (including phenoxy) is 1. The number of hydrazine groups is 1. The van der Waals surface area contributed by atoms with E-state index in [1.54, 1.807) is 11.1 Å². The van der Waals surface area contributed by atoms with Crippen LogP contribution in [0.5, 0.6) is 0 Å². The van der Waals surface area contributed by atoms with Crippen LogP contribution >= 0.6 is 0 Å². The zero-order chi connectivity index (χ0) is 23.1. The number of nitrogens with one attached hydrogen (secondary N) is 2. The van der Waals surface area contributed by atoms with Crippen molar-refractivity contribution in [1.82, 2.24) is 25.3 Å². The fourth-order valence-corrected chi connectivity index (χ4v) is 3.63. The number of benzene rings is 1. The van der Waals surface area contributed by atoms with Crippen LogP contribution in [-0.2, 0) is 26.2 Å². The van der Waals surface area contributed by atoms with Gasteiger partial charge in [0.15, 0.2) is 0 Å². The van der Waals surface area contributed by atoms with Crippen LogP contribution in [0, 0.1) is 0 Å². The Bertz CT molecular complexity index is 910. The van der Waals surface area contributed by atoms with Crippen LogP contribution in [0.25, 0.3) is 0 Å². The number of primary amides is 1. The molecular weight excluding hydrogens is 412 g/mol. The Hall–Kier alpha value is -3.40. The van der Waals surface area contributed by atoms with Gasteiger partial charge in [-0.05, 0) is 11.0 Å². The summed E-state index contributed by atoms with van der Waals surface area (Å²) in [4.78, 5) is 47.2. The van der Waals surface area contributed by atoms with E-state index in [4.69, 9.17) is 10.5 Å². The van der Waals surface area contributed by atoms with Crippen LogP contribution in [0.15, 0.2) is 42.9 Å². The fourth-order valence-electron chi connectivity index (χ4n) is 3.63.